The summed E-state index contributed by atoms with van der Waals surface area (Å²) in [4.78, 5) is 9.71. The summed E-state index contributed by atoms with van der Waals surface area (Å²) in [6.45, 7) is 6.69. The molecule has 0 unspecified atom stereocenters. The third kappa shape index (κ3) is 4.15. The number of rotatable bonds is 5. The third-order valence-electron chi connectivity index (χ3n) is 6.36. The Bertz CT molecular complexity index is 1360. The number of nitrogens with zero attached hydrogens (tertiary/aromatic N) is 5. The highest BCUT2D eigenvalue weighted by Gasteiger charge is 2.23. The molecule has 1 aliphatic heterocycles. The predicted octanol–water partition coefficient (Wildman–Crippen LogP) is 5.94. The van der Waals surface area contributed by atoms with Crippen molar-refractivity contribution in [2.45, 2.75) is 26.3 Å². The van der Waals surface area contributed by atoms with Crippen LogP contribution in [0.1, 0.15) is 30.0 Å². The number of aromatic nitrogens is 2. The monoisotopic (exact) mass is 477 g/mol. The second-order valence-electron chi connectivity index (χ2n) is 8.54. The number of fused-ring (bicyclic) bond motifs is 3. The number of anilines is 1. The number of para-hydroxylation sites is 2. The molecule has 5 nitrogen and oxygen atoms in total. The van der Waals surface area contributed by atoms with Gasteiger partial charge in [-0.1, -0.05) is 54.7 Å². The highest BCUT2D eigenvalue weighted by molar-refractivity contribution is 6.42. The van der Waals surface area contributed by atoms with Crippen molar-refractivity contribution in [1.82, 2.24) is 14.3 Å². The zero-order valence-corrected chi connectivity index (χ0v) is 20.1. The summed E-state index contributed by atoms with van der Waals surface area (Å²) in [5.74, 6) is 1.12. The number of benzene rings is 2. The van der Waals surface area contributed by atoms with Gasteiger partial charge in [-0.2, -0.15) is 5.26 Å². The van der Waals surface area contributed by atoms with Crippen LogP contribution in [-0.4, -0.2) is 40.5 Å². The Labute approximate surface area is 203 Å². The fourth-order valence-corrected chi connectivity index (χ4v) is 5.03. The molecule has 1 saturated heterocycles. The third-order valence-corrected chi connectivity index (χ3v) is 7.09. The van der Waals surface area contributed by atoms with Crippen molar-refractivity contribution < 1.29 is 0 Å². The molecule has 5 rings (SSSR count). The molecule has 3 heterocycles. The van der Waals surface area contributed by atoms with Crippen molar-refractivity contribution in [3.05, 3.63) is 75.3 Å². The van der Waals surface area contributed by atoms with Crippen LogP contribution >= 0.6 is 23.2 Å². The Hall–Kier alpha value is -2.78. The van der Waals surface area contributed by atoms with Crippen LogP contribution in [0.25, 0.3) is 16.7 Å². The first-order valence-electron chi connectivity index (χ1n) is 11.3. The fourth-order valence-electron chi connectivity index (χ4n) is 4.71. The number of halogens is 2. The van der Waals surface area contributed by atoms with E-state index in [4.69, 9.17) is 28.2 Å². The lowest BCUT2D eigenvalue weighted by atomic mass is 10.0. The maximum absolute atomic E-state index is 9.94. The highest BCUT2D eigenvalue weighted by atomic mass is 35.5. The van der Waals surface area contributed by atoms with Crippen LogP contribution in [0, 0.1) is 11.3 Å². The van der Waals surface area contributed by atoms with Gasteiger partial charge in [0.15, 0.2) is 5.65 Å². The summed E-state index contributed by atoms with van der Waals surface area (Å²) < 4.78 is 2.17. The SMILES string of the molecule is CCCc1cc(N2CCN(Cc3ccc(Cl)c(Cl)c3)CC2)n2c(nc3ccccc32)c1C#N. The minimum Gasteiger partial charge on any atom is -0.355 e. The molecule has 1 aliphatic rings. The Balaban J connectivity index is 1.47. The van der Waals surface area contributed by atoms with Crippen molar-refractivity contribution >= 4 is 45.7 Å². The van der Waals surface area contributed by atoms with E-state index in [9.17, 15) is 5.26 Å². The van der Waals surface area contributed by atoms with Crippen LogP contribution in [0.3, 0.4) is 0 Å². The predicted molar refractivity (Wildman–Crippen MR) is 135 cm³/mol. The van der Waals surface area contributed by atoms with Gasteiger partial charge in [-0.15, -0.1) is 0 Å². The van der Waals surface area contributed by atoms with Crippen molar-refractivity contribution in [3.8, 4) is 6.07 Å². The second kappa shape index (κ2) is 9.23. The average molecular weight is 478 g/mol. The Morgan fingerprint density at radius 2 is 1.79 bits per heavy atom. The maximum atomic E-state index is 9.94. The second-order valence-corrected chi connectivity index (χ2v) is 9.35. The molecule has 0 spiro atoms. The molecular weight excluding hydrogens is 453 g/mol. The lowest BCUT2D eigenvalue weighted by molar-refractivity contribution is 0.249. The van der Waals surface area contributed by atoms with Crippen molar-refractivity contribution in [1.29, 1.82) is 5.26 Å². The van der Waals surface area contributed by atoms with Crippen molar-refractivity contribution in [2.24, 2.45) is 0 Å². The first kappa shape index (κ1) is 22.0. The van der Waals surface area contributed by atoms with Crippen LogP contribution in [0.4, 0.5) is 5.82 Å². The van der Waals surface area contributed by atoms with Gasteiger partial charge in [-0.3, -0.25) is 9.30 Å². The van der Waals surface area contributed by atoms with E-state index in [1.54, 1.807) is 0 Å². The van der Waals surface area contributed by atoms with Gasteiger partial charge in [-0.05, 0) is 47.9 Å². The van der Waals surface area contributed by atoms with Crippen molar-refractivity contribution in [3.63, 3.8) is 0 Å². The first-order chi connectivity index (χ1) is 16.1. The van der Waals surface area contributed by atoms with Crippen molar-refractivity contribution in [2.75, 3.05) is 31.1 Å². The normalized spacial score (nSPS) is 14.8. The molecule has 2 aromatic heterocycles. The zero-order chi connectivity index (χ0) is 22.9. The molecule has 168 valence electrons. The number of pyridine rings is 1. The van der Waals surface area contributed by atoms with E-state index in [-0.39, 0.29) is 0 Å². The molecule has 1 fully saturated rings. The molecule has 4 aromatic rings. The topological polar surface area (TPSA) is 47.6 Å². The lowest BCUT2D eigenvalue weighted by Crippen LogP contribution is -2.46. The smallest absolute Gasteiger partial charge is 0.157 e. The molecule has 0 bridgehead atoms. The minimum absolute atomic E-state index is 0.588. The number of hydrogen-bond acceptors (Lipinski definition) is 4. The molecule has 0 atom stereocenters. The van der Waals surface area contributed by atoms with E-state index >= 15 is 0 Å². The average Bonchev–Trinajstić information content (AvgIpc) is 3.21. The summed E-state index contributed by atoms with van der Waals surface area (Å²) in [5, 5.41) is 11.1. The van der Waals surface area contributed by atoms with E-state index in [2.05, 4.69) is 39.3 Å². The number of aryl methyl sites for hydroxylation is 1. The zero-order valence-electron chi connectivity index (χ0n) is 18.6. The summed E-state index contributed by atoms with van der Waals surface area (Å²) in [6, 6.07) is 18.6. The fraction of sp³-hybridized carbons (Fsp3) is 0.308. The van der Waals surface area contributed by atoms with Crippen LogP contribution < -0.4 is 4.90 Å². The summed E-state index contributed by atoms with van der Waals surface area (Å²) in [7, 11) is 0. The highest BCUT2D eigenvalue weighted by Crippen LogP contribution is 2.30. The Morgan fingerprint density at radius 3 is 2.52 bits per heavy atom. The Kier molecular flexibility index (Phi) is 6.16. The number of imidazole rings is 1. The molecule has 33 heavy (non-hydrogen) atoms. The molecule has 0 saturated carbocycles. The van der Waals surface area contributed by atoms with Gasteiger partial charge in [0.25, 0.3) is 0 Å². The van der Waals surface area contributed by atoms with E-state index < -0.39 is 0 Å². The standard InChI is InChI=1S/C26H25Cl2N5/c1-2-5-19-15-25(33-24-7-4-3-6-23(24)30-26(33)20(19)16-29)32-12-10-31(11-13-32)17-18-8-9-21(27)22(28)14-18/h3-4,6-9,14-15H,2,5,10-13,17H2,1H3. The molecule has 0 N–H and O–H groups in total. The van der Waals surface area contributed by atoms with Gasteiger partial charge in [0, 0.05) is 32.7 Å². The molecule has 0 aliphatic carbocycles. The largest absolute Gasteiger partial charge is 0.355 e. The van der Waals surface area contributed by atoms with Gasteiger partial charge in [0.1, 0.15) is 11.9 Å². The number of piperazine rings is 1. The molecule has 0 amide bonds. The van der Waals surface area contributed by atoms with Gasteiger partial charge in [-0.25, -0.2) is 4.98 Å². The van der Waals surface area contributed by atoms with Gasteiger partial charge in [0.05, 0.1) is 26.6 Å². The van der Waals surface area contributed by atoms with Crippen LogP contribution in [-0.2, 0) is 13.0 Å². The van der Waals surface area contributed by atoms with Crippen LogP contribution in [0.2, 0.25) is 10.0 Å². The maximum Gasteiger partial charge on any atom is 0.157 e. The first-order valence-corrected chi connectivity index (χ1v) is 12.1. The van der Waals surface area contributed by atoms with Crippen LogP contribution in [0.5, 0.6) is 0 Å². The van der Waals surface area contributed by atoms with E-state index in [0.717, 1.165) is 73.6 Å². The van der Waals surface area contributed by atoms with Crippen LogP contribution in [0.15, 0.2) is 48.5 Å². The minimum atomic E-state index is 0.588. The molecule has 2 aromatic carbocycles. The van der Waals surface area contributed by atoms with E-state index in [1.165, 1.54) is 5.56 Å². The van der Waals surface area contributed by atoms with Gasteiger partial charge >= 0.3 is 0 Å². The summed E-state index contributed by atoms with van der Waals surface area (Å²) in [5.41, 5.74) is 5.66. The number of nitriles is 1. The Morgan fingerprint density at radius 1 is 1.00 bits per heavy atom. The van der Waals surface area contributed by atoms with Gasteiger partial charge in [0.2, 0.25) is 0 Å². The summed E-state index contributed by atoms with van der Waals surface area (Å²) in [6.07, 6.45) is 1.86. The van der Waals surface area contributed by atoms with E-state index in [1.807, 2.05) is 36.4 Å². The van der Waals surface area contributed by atoms with Gasteiger partial charge < -0.3 is 4.90 Å². The summed E-state index contributed by atoms with van der Waals surface area (Å²) >= 11 is 12.3. The molecular formula is C26H25Cl2N5. The molecule has 7 heteroatoms. The van der Waals surface area contributed by atoms with E-state index in [0.29, 0.717) is 15.6 Å². The quantitative estimate of drug-likeness (QED) is 0.356. The molecule has 0 radical (unpaired) electrons. The number of hydrogen-bond donors (Lipinski definition) is 0. The lowest BCUT2D eigenvalue weighted by Gasteiger charge is -2.36.